The molecule has 1 rings (SSSR count). The maximum Gasteiger partial charge on any atom is 0.228 e. The van der Waals surface area contributed by atoms with Crippen molar-refractivity contribution in [1.29, 1.82) is 0 Å². The monoisotopic (exact) mass is 238 g/mol. The minimum absolute atomic E-state index is 0.135. The molecule has 0 aliphatic rings. The van der Waals surface area contributed by atoms with E-state index in [9.17, 15) is 0 Å². The van der Waals surface area contributed by atoms with Crippen LogP contribution in [0.1, 0.15) is 20.8 Å². The van der Waals surface area contributed by atoms with E-state index < -0.39 is 0 Å². The smallest absolute Gasteiger partial charge is 0.228 e. The van der Waals surface area contributed by atoms with Gasteiger partial charge in [-0.1, -0.05) is 0 Å². The fourth-order valence-electron chi connectivity index (χ4n) is 1.33. The van der Waals surface area contributed by atoms with Crippen LogP contribution in [0.25, 0.3) is 0 Å². The number of hydrogen-bond donors (Lipinski definition) is 1. The molecule has 1 aromatic rings. The van der Waals surface area contributed by atoms with Gasteiger partial charge < -0.3 is 15.0 Å². The number of rotatable bonds is 5. The Balaban J connectivity index is 2.49. The molecule has 0 atom stereocenters. The second kappa shape index (κ2) is 5.82. The third kappa shape index (κ3) is 4.99. The minimum atomic E-state index is 0.135. The predicted molar refractivity (Wildman–Crippen MR) is 69.6 cm³/mol. The van der Waals surface area contributed by atoms with Crippen LogP contribution in [0.2, 0.25) is 0 Å². The molecule has 0 bridgehead atoms. The van der Waals surface area contributed by atoms with E-state index in [1.54, 1.807) is 19.4 Å². The maximum absolute atomic E-state index is 5.07. The molecular weight excluding hydrogens is 216 g/mol. The molecule has 0 amide bonds. The average Bonchev–Trinajstić information content (AvgIpc) is 2.27. The van der Waals surface area contributed by atoms with E-state index in [4.69, 9.17) is 4.74 Å². The first-order valence-electron chi connectivity index (χ1n) is 5.75. The second-order valence-electron chi connectivity index (χ2n) is 5.00. The van der Waals surface area contributed by atoms with Crippen molar-refractivity contribution >= 4 is 5.95 Å². The largest absolute Gasteiger partial charge is 0.481 e. The van der Waals surface area contributed by atoms with E-state index in [0.717, 1.165) is 13.1 Å². The van der Waals surface area contributed by atoms with Crippen molar-refractivity contribution in [2.45, 2.75) is 26.3 Å². The van der Waals surface area contributed by atoms with Gasteiger partial charge in [-0.3, -0.25) is 0 Å². The van der Waals surface area contributed by atoms with Gasteiger partial charge in [0.15, 0.2) is 0 Å². The number of nitrogens with zero attached hydrogens (tertiary/aromatic N) is 3. The molecular formula is C12H22N4O. The van der Waals surface area contributed by atoms with Crippen LogP contribution in [0.3, 0.4) is 0 Å². The van der Waals surface area contributed by atoms with E-state index in [1.807, 2.05) is 11.9 Å². The molecule has 0 saturated heterocycles. The quantitative estimate of drug-likeness (QED) is 0.838. The highest BCUT2D eigenvalue weighted by molar-refractivity contribution is 5.30. The highest BCUT2D eigenvalue weighted by Gasteiger charge is 2.10. The lowest BCUT2D eigenvalue weighted by molar-refractivity contribution is 0.396. The summed E-state index contributed by atoms with van der Waals surface area (Å²) in [6.07, 6.45) is 1.70. The Morgan fingerprint density at radius 2 is 2.12 bits per heavy atom. The Morgan fingerprint density at radius 1 is 1.41 bits per heavy atom. The summed E-state index contributed by atoms with van der Waals surface area (Å²) in [7, 11) is 3.58. The van der Waals surface area contributed by atoms with Gasteiger partial charge in [-0.15, -0.1) is 0 Å². The lowest BCUT2D eigenvalue weighted by Gasteiger charge is -2.23. The Bertz CT molecular complexity index is 349. The van der Waals surface area contributed by atoms with Crippen LogP contribution in [0.15, 0.2) is 12.3 Å². The highest BCUT2D eigenvalue weighted by atomic mass is 16.5. The molecule has 0 fully saturated rings. The van der Waals surface area contributed by atoms with Crippen LogP contribution in [0, 0.1) is 0 Å². The first kappa shape index (κ1) is 13.7. The van der Waals surface area contributed by atoms with Crippen molar-refractivity contribution in [2.75, 3.05) is 32.1 Å². The molecule has 0 aliphatic carbocycles. The normalized spacial score (nSPS) is 11.4. The Kier molecular flexibility index (Phi) is 4.69. The molecule has 17 heavy (non-hydrogen) atoms. The van der Waals surface area contributed by atoms with Gasteiger partial charge in [-0.2, -0.15) is 4.98 Å². The van der Waals surface area contributed by atoms with Crippen molar-refractivity contribution < 1.29 is 4.74 Å². The van der Waals surface area contributed by atoms with Crippen molar-refractivity contribution in [3.8, 4) is 5.88 Å². The predicted octanol–water partition coefficient (Wildman–Crippen LogP) is 1.31. The topological polar surface area (TPSA) is 50.3 Å². The summed E-state index contributed by atoms with van der Waals surface area (Å²) in [5, 5.41) is 3.42. The van der Waals surface area contributed by atoms with E-state index in [0.29, 0.717) is 11.8 Å². The molecule has 0 aliphatic heterocycles. The Morgan fingerprint density at radius 3 is 2.71 bits per heavy atom. The molecule has 0 saturated carbocycles. The van der Waals surface area contributed by atoms with E-state index >= 15 is 0 Å². The average molecular weight is 238 g/mol. The molecule has 5 nitrogen and oxygen atoms in total. The molecule has 0 radical (unpaired) electrons. The Hall–Kier alpha value is -1.36. The summed E-state index contributed by atoms with van der Waals surface area (Å²) in [5.74, 6) is 1.27. The van der Waals surface area contributed by atoms with E-state index in [2.05, 4.69) is 36.1 Å². The first-order valence-corrected chi connectivity index (χ1v) is 5.75. The summed E-state index contributed by atoms with van der Waals surface area (Å²) in [6.45, 7) is 8.18. The number of likely N-dealkylation sites (N-methyl/N-ethyl adjacent to an activating group) is 1. The maximum atomic E-state index is 5.07. The highest BCUT2D eigenvalue weighted by Crippen LogP contribution is 2.10. The van der Waals surface area contributed by atoms with Gasteiger partial charge in [-0.05, 0) is 20.8 Å². The van der Waals surface area contributed by atoms with Crippen molar-refractivity contribution in [3.63, 3.8) is 0 Å². The van der Waals surface area contributed by atoms with Gasteiger partial charge >= 0.3 is 0 Å². The molecule has 1 aromatic heterocycles. The standard InChI is InChI=1S/C12H22N4O/c1-12(2,3)14-8-9-16(4)11-13-7-6-10(15-11)17-5/h6-7,14H,8-9H2,1-5H3. The van der Waals surface area contributed by atoms with Crippen molar-refractivity contribution in [3.05, 3.63) is 12.3 Å². The van der Waals surface area contributed by atoms with Gasteiger partial charge in [0.25, 0.3) is 0 Å². The number of anilines is 1. The molecule has 0 aromatic carbocycles. The van der Waals surface area contributed by atoms with Crippen LogP contribution < -0.4 is 15.0 Å². The summed E-state index contributed by atoms with van der Waals surface area (Å²) < 4.78 is 5.07. The van der Waals surface area contributed by atoms with Gasteiger partial charge in [0, 0.05) is 37.9 Å². The SMILES string of the molecule is COc1ccnc(N(C)CCNC(C)(C)C)n1. The molecule has 0 spiro atoms. The molecule has 1 heterocycles. The third-order valence-electron chi connectivity index (χ3n) is 2.27. The van der Waals surface area contributed by atoms with Crippen LogP contribution in [0.4, 0.5) is 5.95 Å². The lowest BCUT2D eigenvalue weighted by atomic mass is 10.1. The minimum Gasteiger partial charge on any atom is -0.481 e. The van der Waals surface area contributed by atoms with Gasteiger partial charge in [-0.25, -0.2) is 4.98 Å². The molecule has 1 N–H and O–H groups in total. The van der Waals surface area contributed by atoms with Gasteiger partial charge in [0.05, 0.1) is 7.11 Å². The number of ether oxygens (including phenoxy) is 1. The fourth-order valence-corrected chi connectivity index (χ4v) is 1.33. The van der Waals surface area contributed by atoms with Crippen LogP contribution >= 0.6 is 0 Å². The van der Waals surface area contributed by atoms with Crippen molar-refractivity contribution in [1.82, 2.24) is 15.3 Å². The number of aromatic nitrogens is 2. The van der Waals surface area contributed by atoms with Crippen LogP contribution in [-0.4, -0.2) is 42.8 Å². The van der Waals surface area contributed by atoms with E-state index in [1.165, 1.54) is 0 Å². The third-order valence-corrected chi connectivity index (χ3v) is 2.27. The zero-order chi connectivity index (χ0) is 12.9. The lowest BCUT2D eigenvalue weighted by Crippen LogP contribution is -2.40. The summed E-state index contributed by atoms with van der Waals surface area (Å²) in [5.41, 5.74) is 0.135. The number of nitrogens with one attached hydrogen (secondary N) is 1. The van der Waals surface area contributed by atoms with Gasteiger partial charge in [0.2, 0.25) is 11.8 Å². The number of hydrogen-bond acceptors (Lipinski definition) is 5. The van der Waals surface area contributed by atoms with Gasteiger partial charge in [0.1, 0.15) is 0 Å². The summed E-state index contributed by atoms with van der Waals surface area (Å²) in [6, 6.07) is 1.74. The molecule has 0 unspecified atom stereocenters. The van der Waals surface area contributed by atoms with Crippen molar-refractivity contribution in [2.24, 2.45) is 0 Å². The number of methoxy groups -OCH3 is 1. The fraction of sp³-hybridized carbons (Fsp3) is 0.667. The Labute approximate surface area is 103 Å². The van der Waals surface area contributed by atoms with E-state index in [-0.39, 0.29) is 5.54 Å². The van der Waals surface area contributed by atoms with Crippen LogP contribution in [0.5, 0.6) is 5.88 Å². The van der Waals surface area contributed by atoms with Crippen LogP contribution in [-0.2, 0) is 0 Å². The zero-order valence-electron chi connectivity index (χ0n) is 11.3. The second-order valence-corrected chi connectivity index (χ2v) is 5.00. The first-order chi connectivity index (χ1) is 7.92. The summed E-state index contributed by atoms with van der Waals surface area (Å²) >= 11 is 0. The molecule has 5 heteroatoms. The summed E-state index contributed by atoms with van der Waals surface area (Å²) in [4.78, 5) is 10.5. The molecule has 96 valence electrons. The zero-order valence-corrected chi connectivity index (χ0v) is 11.3.